The third kappa shape index (κ3) is 28.2. The summed E-state index contributed by atoms with van der Waals surface area (Å²) in [4.78, 5) is 154. The Morgan fingerprint density at radius 1 is 0.443 bits per heavy atom. The van der Waals surface area contributed by atoms with Gasteiger partial charge in [0.15, 0.2) is 11.9 Å². The standard InChI is InChI=1S/C48H88N16O15/c1-11-23(6)35(44(76)62-32(20-33(67)68)40(72)57-25(8)46(78)79)63-42(74)31(19-22(4)5)61-45(77)36(27(10)66)64-39(71)29(15-13-17-55-48(52)53)59-41(73)30(18-21(2)3)60-38(70)28(14-12-16-54-47(50)51)58-37(69)24(7)56-43(75)34(49)26(9)65/h21-32,34-36,65-66H,11-20,49H2,1-10H3,(H,56,75)(H,57,72)(H,58,69)(H,59,73)(H,60,70)(H,61,77)(H,62,76)(H,63,74)(H,64,71)(H,67,68)(H,78,79)(H4,50,51,54)(H4,52,53,55)/t23-,24-,25-,26+,27+,28-,29-,30-,31-,32-,34-,35-,36-/m0/s1. The van der Waals surface area contributed by atoms with Crippen LogP contribution in [0.3, 0.4) is 0 Å². The fraction of sp³-hybridized carbons (Fsp3) is 0.729. The van der Waals surface area contributed by atoms with Crippen molar-refractivity contribution in [2.45, 2.75) is 193 Å². The van der Waals surface area contributed by atoms with Crippen LogP contribution in [0.5, 0.6) is 0 Å². The van der Waals surface area contributed by atoms with E-state index in [9.17, 15) is 73.2 Å². The molecule has 0 heterocycles. The Morgan fingerprint density at radius 2 is 0.810 bits per heavy atom. The zero-order valence-corrected chi connectivity index (χ0v) is 46.8. The van der Waals surface area contributed by atoms with E-state index in [-0.39, 0.29) is 81.8 Å². The number of hydrogen-bond donors (Lipinski definition) is 18. The van der Waals surface area contributed by atoms with E-state index in [1.54, 1.807) is 41.5 Å². The van der Waals surface area contributed by atoms with Crippen molar-refractivity contribution in [3.8, 4) is 0 Å². The predicted octanol–water partition coefficient (Wildman–Crippen LogP) is -5.72. The predicted molar refractivity (Wildman–Crippen MR) is 288 cm³/mol. The molecule has 0 bridgehead atoms. The number of guanidine groups is 2. The summed E-state index contributed by atoms with van der Waals surface area (Å²) < 4.78 is 0. The molecule has 0 radical (unpaired) electrons. The van der Waals surface area contributed by atoms with E-state index in [4.69, 9.17) is 28.7 Å². The Hall–Kier alpha value is -7.41. The molecule has 13 atom stereocenters. The van der Waals surface area contributed by atoms with Gasteiger partial charge in [0.05, 0.1) is 18.6 Å². The number of nitrogens with one attached hydrogen (secondary N) is 9. The molecule has 0 aliphatic heterocycles. The number of carbonyl (C=O) groups excluding carboxylic acids is 9. The molecule has 31 nitrogen and oxygen atoms in total. The molecule has 0 rings (SSSR count). The monoisotopic (exact) mass is 1130 g/mol. The summed E-state index contributed by atoms with van der Waals surface area (Å²) in [6.07, 6.45) is -3.70. The smallest absolute Gasteiger partial charge is 0.325 e. The number of aliphatic hydroxyl groups excluding tert-OH is 2. The Balaban J connectivity index is 6.90. The summed E-state index contributed by atoms with van der Waals surface area (Å²) in [5.74, 6) is -13.2. The maximum atomic E-state index is 14.2. The van der Waals surface area contributed by atoms with Crippen molar-refractivity contribution in [2.75, 3.05) is 13.1 Å². The number of aliphatic carboxylic acids is 2. The van der Waals surface area contributed by atoms with Gasteiger partial charge in [0.1, 0.15) is 60.4 Å². The van der Waals surface area contributed by atoms with Gasteiger partial charge in [-0.2, -0.15) is 0 Å². The van der Waals surface area contributed by atoms with E-state index >= 15 is 0 Å². The van der Waals surface area contributed by atoms with E-state index in [2.05, 4.69) is 57.8 Å². The average Bonchev–Trinajstić information content (AvgIpc) is 3.33. The highest BCUT2D eigenvalue weighted by Gasteiger charge is 2.38. The molecule has 31 heteroatoms. The van der Waals surface area contributed by atoms with Crippen LogP contribution in [0.1, 0.15) is 121 Å². The molecule has 9 amide bonds. The van der Waals surface area contributed by atoms with Crippen LogP contribution in [-0.2, 0) is 52.7 Å². The van der Waals surface area contributed by atoms with Crippen LogP contribution < -0.4 is 76.5 Å². The molecule has 0 aliphatic carbocycles. The van der Waals surface area contributed by atoms with Gasteiger partial charge in [-0.15, -0.1) is 0 Å². The minimum absolute atomic E-state index is 0.0137. The molecule has 0 saturated heterocycles. The first kappa shape index (κ1) is 71.6. The molecule has 0 aromatic carbocycles. The fourth-order valence-electron chi connectivity index (χ4n) is 7.28. The number of rotatable bonds is 37. The Kier molecular flexibility index (Phi) is 32.5. The number of aliphatic imine (C=N–C) groups is 2. The zero-order chi connectivity index (χ0) is 61.0. The van der Waals surface area contributed by atoms with Crippen LogP contribution in [0.4, 0.5) is 0 Å². The van der Waals surface area contributed by atoms with E-state index in [0.29, 0.717) is 0 Å². The maximum absolute atomic E-state index is 14.2. The van der Waals surface area contributed by atoms with Gasteiger partial charge in [0.2, 0.25) is 53.2 Å². The fourth-order valence-corrected chi connectivity index (χ4v) is 7.28. The van der Waals surface area contributed by atoms with Crippen LogP contribution in [0.15, 0.2) is 9.98 Å². The van der Waals surface area contributed by atoms with Crippen molar-refractivity contribution in [3.63, 3.8) is 0 Å². The third-order valence-electron chi connectivity index (χ3n) is 12.0. The minimum Gasteiger partial charge on any atom is -0.481 e. The lowest BCUT2D eigenvalue weighted by Crippen LogP contribution is -2.62. The van der Waals surface area contributed by atoms with Crippen LogP contribution >= 0.6 is 0 Å². The number of nitrogens with zero attached hydrogens (tertiary/aromatic N) is 2. The van der Waals surface area contributed by atoms with Crippen LogP contribution in [-0.4, -0.2) is 183 Å². The lowest BCUT2D eigenvalue weighted by molar-refractivity contribution is -0.143. The lowest BCUT2D eigenvalue weighted by atomic mass is 9.96. The van der Waals surface area contributed by atoms with E-state index < -0.39 is 150 Å². The van der Waals surface area contributed by atoms with Gasteiger partial charge in [-0.3, -0.25) is 62.7 Å². The van der Waals surface area contributed by atoms with Crippen LogP contribution in [0, 0.1) is 17.8 Å². The number of amides is 9. The molecule has 0 unspecified atom stereocenters. The second-order valence-corrected chi connectivity index (χ2v) is 20.2. The highest BCUT2D eigenvalue weighted by Crippen LogP contribution is 2.14. The summed E-state index contributed by atoms with van der Waals surface area (Å²) in [5, 5.41) is 61.3. The molecule has 0 fully saturated rings. The summed E-state index contributed by atoms with van der Waals surface area (Å²) in [6.45, 7) is 15.1. The van der Waals surface area contributed by atoms with E-state index in [0.717, 1.165) is 6.92 Å². The SMILES string of the molecule is CC[C@H](C)[C@H](NC(=O)[C@H](CC(C)C)NC(=O)[C@@H](NC(=O)[C@H](CCCN=C(N)N)NC(=O)[C@H](CC(C)C)NC(=O)[C@H](CCCN=C(N)N)NC(=O)[C@H](C)NC(=O)[C@@H](N)[C@@H](C)O)[C@@H](C)O)C(=O)N[C@@H](CC(=O)O)C(=O)N[C@@H](C)C(=O)O. The van der Waals surface area contributed by atoms with E-state index in [1.807, 2.05) is 0 Å². The molecule has 0 spiro atoms. The lowest BCUT2D eigenvalue weighted by Gasteiger charge is -2.30. The first-order valence-electron chi connectivity index (χ1n) is 26.0. The van der Waals surface area contributed by atoms with Gasteiger partial charge in [-0.25, -0.2) is 0 Å². The van der Waals surface area contributed by atoms with Crippen molar-refractivity contribution in [1.82, 2.24) is 47.9 Å². The van der Waals surface area contributed by atoms with Gasteiger partial charge >= 0.3 is 11.9 Å². The minimum atomic E-state index is -1.80. The quantitative estimate of drug-likeness (QED) is 0.0157. The van der Waals surface area contributed by atoms with Crippen molar-refractivity contribution in [3.05, 3.63) is 0 Å². The zero-order valence-electron chi connectivity index (χ0n) is 46.8. The van der Waals surface area contributed by atoms with Crippen LogP contribution in [0.25, 0.3) is 0 Å². The van der Waals surface area contributed by atoms with Gasteiger partial charge < -0.3 is 96.9 Å². The van der Waals surface area contributed by atoms with Gasteiger partial charge in [-0.1, -0.05) is 48.0 Å². The Labute approximate surface area is 459 Å². The maximum Gasteiger partial charge on any atom is 0.325 e. The molecular weight excluding hydrogens is 1040 g/mol. The van der Waals surface area contributed by atoms with Gasteiger partial charge in [0.25, 0.3) is 0 Å². The molecule has 0 aromatic rings. The largest absolute Gasteiger partial charge is 0.481 e. The normalized spacial score (nSPS) is 16.1. The molecule has 450 valence electrons. The van der Waals surface area contributed by atoms with Crippen molar-refractivity contribution >= 4 is 77.0 Å². The second kappa shape index (κ2) is 35.9. The van der Waals surface area contributed by atoms with Crippen LogP contribution in [0.2, 0.25) is 0 Å². The Bertz CT molecular complexity index is 2130. The highest BCUT2D eigenvalue weighted by atomic mass is 16.4. The number of nitrogens with two attached hydrogens (primary N) is 5. The summed E-state index contributed by atoms with van der Waals surface area (Å²) >= 11 is 0. The van der Waals surface area contributed by atoms with E-state index in [1.165, 1.54) is 20.8 Å². The molecule has 23 N–H and O–H groups in total. The second-order valence-electron chi connectivity index (χ2n) is 20.2. The number of aliphatic hydroxyl groups is 2. The highest BCUT2D eigenvalue weighted by molar-refractivity contribution is 5.99. The van der Waals surface area contributed by atoms with Crippen molar-refractivity contribution in [1.29, 1.82) is 0 Å². The topological polar surface area (TPSA) is 532 Å². The Morgan fingerprint density at radius 3 is 1.23 bits per heavy atom. The summed E-state index contributed by atoms with van der Waals surface area (Å²) in [5.41, 5.74) is 27.6. The summed E-state index contributed by atoms with van der Waals surface area (Å²) in [6, 6.07) is -14.7. The first-order valence-corrected chi connectivity index (χ1v) is 26.0. The molecule has 0 aromatic heterocycles. The molecule has 79 heavy (non-hydrogen) atoms. The van der Waals surface area contributed by atoms with Gasteiger partial charge in [-0.05, 0) is 84.0 Å². The average molecular weight is 1130 g/mol. The first-order chi connectivity index (χ1) is 36.6. The number of carboxylic acids is 2. The number of carbonyl (C=O) groups is 11. The number of carboxylic acid groups (broad SMARTS) is 2. The van der Waals surface area contributed by atoms with Crippen molar-refractivity contribution < 1.29 is 73.2 Å². The molecule has 0 aliphatic rings. The third-order valence-corrected chi connectivity index (χ3v) is 12.0. The molecule has 0 saturated carbocycles. The summed E-state index contributed by atoms with van der Waals surface area (Å²) in [7, 11) is 0. The van der Waals surface area contributed by atoms with Crippen molar-refractivity contribution in [2.24, 2.45) is 56.4 Å². The number of hydrogen-bond acceptors (Lipinski definition) is 16. The molecular formula is C48H88N16O15. The van der Waals surface area contributed by atoms with Gasteiger partial charge in [0, 0.05) is 13.1 Å².